The average molecular weight is 203 g/mol. The standard InChI is InChI=1S/C7H13N3S2/c1-11-5-3-2-4-8-7-10-9-6-12-7/h6H,2-5H2,1H3,(H,8,10). The lowest BCUT2D eigenvalue weighted by atomic mass is 10.3. The third-order valence-corrected chi connectivity index (χ3v) is 2.76. The Bertz CT molecular complexity index is 189. The van der Waals surface area contributed by atoms with Crippen molar-refractivity contribution in [3.63, 3.8) is 0 Å². The number of thioether (sulfide) groups is 1. The molecule has 0 amide bonds. The molecule has 0 fully saturated rings. The molecule has 0 atom stereocenters. The second-order valence-electron chi connectivity index (χ2n) is 2.37. The summed E-state index contributed by atoms with van der Waals surface area (Å²) in [6, 6.07) is 0. The van der Waals surface area contributed by atoms with Gasteiger partial charge >= 0.3 is 0 Å². The molecule has 1 N–H and O–H groups in total. The lowest BCUT2D eigenvalue weighted by molar-refractivity contribution is 0.840. The number of aromatic nitrogens is 2. The van der Waals surface area contributed by atoms with Crippen molar-refractivity contribution in [1.29, 1.82) is 0 Å². The molecule has 12 heavy (non-hydrogen) atoms. The van der Waals surface area contributed by atoms with Crippen molar-refractivity contribution in [3.05, 3.63) is 5.51 Å². The molecule has 1 rings (SSSR count). The third kappa shape index (κ3) is 3.92. The quantitative estimate of drug-likeness (QED) is 0.718. The molecule has 1 aromatic heterocycles. The number of rotatable bonds is 6. The fraction of sp³-hybridized carbons (Fsp3) is 0.714. The van der Waals surface area contributed by atoms with Gasteiger partial charge in [0.2, 0.25) is 5.13 Å². The zero-order valence-corrected chi connectivity index (χ0v) is 8.75. The highest BCUT2D eigenvalue weighted by Gasteiger charge is 1.93. The van der Waals surface area contributed by atoms with Crippen LogP contribution in [0, 0.1) is 0 Å². The fourth-order valence-corrected chi connectivity index (χ4v) is 1.78. The van der Waals surface area contributed by atoms with E-state index >= 15 is 0 Å². The highest BCUT2D eigenvalue weighted by molar-refractivity contribution is 7.98. The van der Waals surface area contributed by atoms with E-state index in [0.29, 0.717) is 0 Å². The van der Waals surface area contributed by atoms with Crippen LogP contribution in [0.1, 0.15) is 12.8 Å². The number of hydrogen-bond acceptors (Lipinski definition) is 5. The van der Waals surface area contributed by atoms with Crippen LogP contribution in [0.15, 0.2) is 5.51 Å². The van der Waals surface area contributed by atoms with Gasteiger partial charge in [0, 0.05) is 6.54 Å². The highest BCUT2D eigenvalue weighted by atomic mass is 32.2. The van der Waals surface area contributed by atoms with E-state index in [1.165, 1.54) is 18.6 Å². The lowest BCUT2D eigenvalue weighted by Gasteiger charge is -1.99. The molecule has 1 heterocycles. The number of nitrogens with one attached hydrogen (secondary N) is 1. The molecule has 0 aliphatic rings. The molecule has 1 aromatic rings. The van der Waals surface area contributed by atoms with Crippen molar-refractivity contribution >= 4 is 28.2 Å². The molecule has 0 unspecified atom stereocenters. The normalized spacial score (nSPS) is 10.1. The van der Waals surface area contributed by atoms with Crippen molar-refractivity contribution < 1.29 is 0 Å². The van der Waals surface area contributed by atoms with Gasteiger partial charge in [-0.15, -0.1) is 10.2 Å². The van der Waals surface area contributed by atoms with Crippen LogP contribution in [-0.4, -0.2) is 28.8 Å². The average Bonchev–Trinajstić information content (AvgIpc) is 2.57. The minimum atomic E-state index is 0.930. The molecular weight excluding hydrogens is 190 g/mol. The minimum Gasteiger partial charge on any atom is -0.360 e. The van der Waals surface area contributed by atoms with Crippen LogP contribution in [-0.2, 0) is 0 Å². The van der Waals surface area contributed by atoms with Gasteiger partial charge in [0.15, 0.2) is 0 Å². The van der Waals surface area contributed by atoms with Crippen LogP contribution in [0.4, 0.5) is 5.13 Å². The molecule has 0 saturated heterocycles. The van der Waals surface area contributed by atoms with Crippen LogP contribution in [0.2, 0.25) is 0 Å². The molecule has 0 bridgehead atoms. The number of unbranched alkanes of at least 4 members (excludes halogenated alkanes) is 1. The molecule has 68 valence electrons. The Kier molecular flexibility index (Phi) is 5.10. The summed E-state index contributed by atoms with van der Waals surface area (Å²) >= 11 is 3.44. The number of hydrogen-bond donors (Lipinski definition) is 1. The zero-order chi connectivity index (χ0) is 8.65. The first-order valence-electron chi connectivity index (χ1n) is 3.92. The molecule has 0 spiro atoms. The van der Waals surface area contributed by atoms with Crippen LogP contribution in [0.3, 0.4) is 0 Å². The van der Waals surface area contributed by atoms with Crippen LogP contribution in [0.25, 0.3) is 0 Å². The van der Waals surface area contributed by atoms with Crippen molar-refractivity contribution in [2.45, 2.75) is 12.8 Å². The topological polar surface area (TPSA) is 37.8 Å². The first-order chi connectivity index (χ1) is 5.93. The summed E-state index contributed by atoms with van der Waals surface area (Å²) in [5.41, 5.74) is 1.74. The van der Waals surface area contributed by atoms with Gasteiger partial charge in [-0.2, -0.15) is 11.8 Å². The molecule has 0 radical (unpaired) electrons. The van der Waals surface area contributed by atoms with E-state index in [9.17, 15) is 0 Å². The maximum atomic E-state index is 3.89. The summed E-state index contributed by atoms with van der Waals surface area (Å²) in [5, 5.41) is 11.8. The van der Waals surface area contributed by atoms with Crippen molar-refractivity contribution in [3.8, 4) is 0 Å². The Hall–Kier alpha value is -0.290. The second-order valence-corrected chi connectivity index (χ2v) is 4.19. The molecule has 3 nitrogen and oxygen atoms in total. The summed E-state index contributed by atoms with van der Waals surface area (Å²) in [5.74, 6) is 1.25. The summed E-state index contributed by atoms with van der Waals surface area (Å²) in [4.78, 5) is 0. The summed E-state index contributed by atoms with van der Waals surface area (Å²) in [6.45, 7) is 1.01. The van der Waals surface area contributed by atoms with Crippen molar-refractivity contribution in [2.75, 3.05) is 23.9 Å². The molecule has 0 saturated carbocycles. The van der Waals surface area contributed by atoms with E-state index in [-0.39, 0.29) is 0 Å². The maximum absolute atomic E-state index is 3.89. The Morgan fingerprint density at radius 2 is 2.50 bits per heavy atom. The van der Waals surface area contributed by atoms with Crippen molar-refractivity contribution in [1.82, 2.24) is 10.2 Å². The third-order valence-electron chi connectivity index (χ3n) is 1.41. The van der Waals surface area contributed by atoms with E-state index in [4.69, 9.17) is 0 Å². The van der Waals surface area contributed by atoms with Gasteiger partial charge in [0.05, 0.1) is 0 Å². The monoisotopic (exact) mass is 203 g/mol. The highest BCUT2D eigenvalue weighted by Crippen LogP contribution is 2.08. The van der Waals surface area contributed by atoms with Gasteiger partial charge in [-0.1, -0.05) is 11.3 Å². The number of nitrogens with zero attached hydrogens (tertiary/aromatic N) is 2. The van der Waals surface area contributed by atoms with Crippen LogP contribution < -0.4 is 5.32 Å². The Balaban J connectivity index is 1.96. The van der Waals surface area contributed by atoms with Gasteiger partial charge in [-0.05, 0) is 24.9 Å². The largest absolute Gasteiger partial charge is 0.360 e. The number of anilines is 1. The molecule has 5 heteroatoms. The molecule has 0 aliphatic heterocycles. The predicted octanol–water partition coefficient (Wildman–Crippen LogP) is 2.09. The van der Waals surface area contributed by atoms with Gasteiger partial charge < -0.3 is 5.32 Å². The van der Waals surface area contributed by atoms with E-state index in [2.05, 4.69) is 21.8 Å². The summed E-state index contributed by atoms with van der Waals surface area (Å²) < 4.78 is 0. The van der Waals surface area contributed by atoms with Gasteiger partial charge in [-0.25, -0.2) is 0 Å². The first-order valence-corrected chi connectivity index (χ1v) is 6.20. The van der Waals surface area contributed by atoms with Crippen LogP contribution >= 0.6 is 23.1 Å². The van der Waals surface area contributed by atoms with Crippen LogP contribution in [0.5, 0.6) is 0 Å². The van der Waals surface area contributed by atoms with Crippen molar-refractivity contribution in [2.24, 2.45) is 0 Å². The Morgan fingerprint density at radius 1 is 1.58 bits per heavy atom. The predicted molar refractivity (Wildman–Crippen MR) is 56.0 cm³/mol. The smallest absolute Gasteiger partial charge is 0.205 e. The van der Waals surface area contributed by atoms with Gasteiger partial charge in [-0.3, -0.25) is 0 Å². The summed E-state index contributed by atoms with van der Waals surface area (Å²) in [6.07, 6.45) is 4.62. The Labute approximate surface area is 81.0 Å². The molecule has 0 aliphatic carbocycles. The zero-order valence-electron chi connectivity index (χ0n) is 7.12. The van der Waals surface area contributed by atoms with E-state index in [1.54, 1.807) is 16.8 Å². The minimum absolute atomic E-state index is 0.930. The van der Waals surface area contributed by atoms with Gasteiger partial charge in [0.25, 0.3) is 0 Å². The maximum Gasteiger partial charge on any atom is 0.205 e. The Morgan fingerprint density at radius 3 is 3.17 bits per heavy atom. The SMILES string of the molecule is CSCCCCNc1nncs1. The fourth-order valence-electron chi connectivity index (χ4n) is 0.817. The van der Waals surface area contributed by atoms with E-state index < -0.39 is 0 Å². The second kappa shape index (κ2) is 6.25. The van der Waals surface area contributed by atoms with E-state index in [0.717, 1.165) is 11.7 Å². The lowest BCUT2D eigenvalue weighted by Crippen LogP contribution is -2.01. The molecule has 0 aromatic carbocycles. The van der Waals surface area contributed by atoms with Gasteiger partial charge in [0.1, 0.15) is 5.51 Å². The summed E-state index contributed by atoms with van der Waals surface area (Å²) in [7, 11) is 0. The van der Waals surface area contributed by atoms with E-state index in [1.807, 2.05) is 11.8 Å². The molecular formula is C7H13N3S2. The first kappa shape index (κ1) is 9.80.